The summed E-state index contributed by atoms with van der Waals surface area (Å²) in [5.74, 6) is 2.45. The van der Waals surface area contributed by atoms with Gasteiger partial charge in [-0.3, -0.25) is 4.21 Å². The number of nitrogens with zero attached hydrogens (tertiary/aromatic N) is 1. The maximum absolute atomic E-state index is 12.1. The number of aliphatic imine (C=N–C) groups is 1. The van der Waals surface area contributed by atoms with Crippen LogP contribution in [0.3, 0.4) is 0 Å². The van der Waals surface area contributed by atoms with Crippen LogP contribution in [0.5, 0.6) is 5.75 Å². The molecule has 1 aromatic carbocycles. The molecule has 3 atom stereocenters. The zero-order chi connectivity index (χ0) is 17.9. The van der Waals surface area contributed by atoms with Crippen molar-refractivity contribution in [1.29, 1.82) is 0 Å². The lowest BCUT2D eigenvalue weighted by Crippen LogP contribution is -2.46. The van der Waals surface area contributed by atoms with Gasteiger partial charge in [0.15, 0.2) is 5.96 Å². The Balaban J connectivity index is 0.00000338. The first kappa shape index (κ1) is 23.2. The summed E-state index contributed by atoms with van der Waals surface area (Å²) >= 11 is 0. The summed E-state index contributed by atoms with van der Waals surface area (Å²) in [6.07, 6.45) is 4.29. The normalized spacial score (nSPS) is 21.4. The highest BCUT2D eigenvalue weighted by molar-refractivity contribution is 14.0. The Labute approximate surface area is 177 Å². The first-order valence-electron chi connectivity index (χ1n) is 9.32. The van der Waals surface area contributed by atoms with Crippen molar-refractivity contribution in [2.24, 2.45) is 4.99 Å². The van der Waals surface area contributed by atoms with Crippen molar-refractivity contribution < 1.29 is 8.95 Å². The van der Waals surface area contributed by atoms with Gasteiger partial charge in [-0.1, -0.05) is 31.5 Å². The Kier molecular flexibility index (Phi) is 11.9. The van der Waals surface area contributed by atoms with Crippen LogP contribution in [0.4, 0.5) is 0 Å². The predicted octanol–water partition coefficient (Wildman–Crippen LogP) is 3.32. The average Bonchev–Trinajstić information content (AvgIpc) is 2.65. The second kappa shape index (κ2) is 13.4. The van der Waals surface area contributed by atoms with Gasteiger partial charge in [0, 0.05) is 34.4 Å². The van der Waals surface area contributed by atoms with E-state index in [2.05, 4.69) is 22.5 Å². The summed E-state index contributed by atoms with van der Waals surface area (Å²) < 4.78 is 17.8. The Morgan fingerprint density at radius 1 is 1.27 bits per heavy atom. The lowest BCUT2D eigenvalue weighted by Gasteiger charge is -2.30. The van der Waals surface area contributed by atoms with E-state index in [1.165, 1.54) is 0 Å². The van der Waals surface area contributed by atoms with Crippen LogP contribution in [0.15, 0.2) is 35.3 Å². The molecule has 26 heavy (non-hydrogen) atoms. The van der Waals surface area contributed by atoms with E-state index in [1.54, 1.807) is 0 Å². The summed E-state index contributed by atoms with van der Waals surface area (Å²) in [6.45, 7) is 6.04. The van der Waals surface area contributed by atoms with E-state index in [1.807, 2.05) is 37.3 Å². The maximum Gasteiger partial charge on any atom is 0.191 e. The van der Waals surface area contributed by atoms with Gasteiger partial charge in [-0.2, -0.15) is 0 Å². The van der Waals surface area contributed by atoms with Gasteiger partial charge in [0.05, 0.1) is 6.54 Å². The molecule has 0 bridgehead atoms. The van der Waals surface area contributed by atoms with E-state index < -0.39 is 10.8 Å². The Morgan fingerprint density at radius 2 is 2.04 bits per heavy atom. The van der Waals surface area contributed by atoms with Gasteiger partial charge in [-0.05, 0) is 38.3 Å². The molecule has 0 heterocycles. The third-order valence-electron chi connectivity index (χ3n) is 4.34. The molecule has 2 N–H and O–H groups in total. The number of halogens is 1. The molecule has 2 rings (SSSR count). The van der Waals surface area contributed by atoms with E-state index in [9.17, 15) is 4.21 Å². The van der Waals surface area contributed by atoms with Crippen LogP contribution in [-0.2, 0) is 10.8 Å². The first-order valence-corrected chi connectivity index (χ1v) is 10.7. The highest BCUT2D eigenvalue weighted by Crippen LogP contribution is 2.22. The molecule has 1 aliphatic carbocycles. The number of para-hydroxylation sites is 1. The molecular weight excluding hydrogens is 461 g/mol. The fourth-order valence-corrected chi connectivity index (χ4v) is 4.45. The van der Waals surface area contributed by atoms with Crippen LogP contribution in [0.1, 0.15) is 39.5 Å². The zero-order valence-electron chi connectivity index (χ0n) is 15.8. The molecule has 7 heteroatoms. The molecule has 0 saturated heterocycles. The summed E-state index contributed by atoms with van der Waals surface area (Å²) in [4.78, 5) is 4.61. The first-order chi connectivity index (χ1) is 12.2. The lowest BCUT2D eigenvalue weighted by atomic mass is 9.95. The van der Waals surface area contributed by atoms with Crippen LogP contribution in [0.2, 0.25) is 0 Å². The van der Waals surface area contributed by atoms with Crippen molar-refractivity contribution in [1.82, 2.24) is 10.6 Å². The van der Waals surface area contributed by atoms with Crippen LogP contribution >= 0.6 is 24.0 Å². The second-order valence-electron chi connectivity index (χ2n) is 6.22. The summed E-state index contributed by atoms with van der Waals surface area (Å²) in [5.41, 5.74) is 0. The fourth-order valence-electron chi connectivity index (χ4n) is 3.10. The number of ether oxygens (including phenoxy) is 1. The minimum Gasteiger partial charge on any atom is -0.492 e. The van der Waals surface area contributed by atoms with E-state index >= 15 is 0 Å². The van der Waals surface area contributed by atoms with Gasteiger partial charge in [0.2, 0.25) is 0 Å². The van der Waals surface area contributed by atoms with Gasteiger partial charge in [0.1, 0.15) is 12.4 Å². The predicted molar refractivity (Wildman–Crippen MR) is 121 cm³/mol. The summed E-state index contributed by atoms with van der Waals surface area (Å²) in [6, 6.07) is 10.1. The van der Waals surface area contributed by atoms with E-state index in [-0.39, 0.29) is 24.0 Å². The highest BCUT2D eigenvalue weighted by atomic mass is 127. The minimum atomic E-state index is -0.701. The smallest absolute Gasteiger partial charge is 0.191 e. The number of nitrogens with one attached hydrogen (secondary N) is 2. The van der Waals surface area contributed by atoms with Crippen molar-refractivity contribution in [2.75, 3.05) is 25.4 Å². The van der Waals surface area contributed by atoms with E-state index in [0.717, 1.165) is 49.7 Å². The number of hydrogen-bond donors (Lipinski definition) is 2. The third-order valence-corrected chi connectivity index (χ3v) is 6.08. The van der Waals surface area contributed by atoms with Crippen molar-refractivity contribution in [3.05, 3.63) is 30.3 Å². The Hall–Kier alpha value is -0.830. The molecule has 1 aliphatic rings. The van der Waals surface area contributed by atoms with Crippen molar-refractivity contribution in [3.8, 4) is 5.75 Å². The number of benzene rings is 1. The molecule has 0 radical (unpaired) electrons. The van der Waals surface area contributed by atoms with Gasteiger partial charge in [-0.25, -0.2) is 4.99 Å². The topological polar surface area (TPSA) is 62.7 Å². The van der Waals surface area contributed by atoms with Crippen LogP contribution in [0, 0.1) is 0 Å². The maximum atomic E-state index is 12.1. The largest absolute Gasteiger partial charge is 0.492 e. The molecule has 0 spiro atoms. The van der Waals surface area contributed by atoms with Crippen molar-refractivity contribution in [3.63, 3.8) is 0 Å². The number of rotatable bonds is 8. The fraction of sp³-hybridized carbons (Fsp3) is 0.632. The van der Waals surface area contributed by atoms with Crippen molar-refractivity contribution in [2.45, 2.75) is 50.8 Å². The second-order valence-corrected chi connectivity index (χ2v) is 8.23. The lowest BCUT2D eigenvalue weighted by molar-refractivity contribution is 0.328. The number of guanidine groups is 1. The molecular formula is C19H32IN3O2S. The molecule has 1 fully saturated rings. The minimum absolute atomic E-state index is 0. The molecule has 3 unspecified atom stereocenters. The van der Waals surface area contributed by atoms with Gasteiger partial charge < -0.3 is 15.4 Å². The molecule has 1 saturated carbocycles. The highest BCUT2D eigenvalue weighted by Gasteiger charge is 2.25. The van der Waals surface area contributed by atoms with Crippen molar-refractivity contribution >= 4 is 40.7 Å². The molecule has 5 nitrogen and oxygen atoms in total. The summed E-state index contributed by atoms with van der Waals surface area (Å²) in [5, 5.41) is 7.13. The SMILES string of the molecule is CCNC(=NCCOc1ccccc1)NC1CCCC(S(=O)CC)C1.I. The van der Waals surface area contributed by atoms with Gasteiger partial charge in [0.25, 0.3) is 0 Å². The van der Waals surface area contributed by atoms with Crippen LogP contribution in [0.25, 0.3) is 0 Å². The Morgan fingerprint density at radius 3 is 2.73 bits per heavy atom. The van der Waals surface area contributed by atoms with Gasteiger partial charge >= 0.3 is 0 Å². The zero-order valence-corrected chi connectivity index (χ0v) is 18.9. The standard InChI is InChI=1S/C19H31N3O2S.HI/c1-3-20-19(21-13-14-24-17-10-6-5-7-11-17)22-16-9-8-12-18(15-16)25(23)4-2;/h5-7,10-11,16,18H,3-4,8-9,12-15H2,1-2H3,(H2,20,21,22);1H. The average molecular weight is 493 g/mol. The van der Waals surface area contributed by atoms with E-state index in [4.69, 9.17) is 4.74 Å². The molecule has 0 aliphatic heterocycles. The Bertz CT molecular complexity index is 557. The molecule has 0 amide bonds. The molecule has 0 aromatic heterocycles. The number of hydrogen-bond acceptors (Lipinski definition) is 3. The third kappa shape index (κ3) is 8.24. The van der Waals surface area contributed by atoms with Crippen LogP contribution in [-0.4, -0.2) is 46.9 Å². The quantitative estimate of drug-likeness (QED) is 0.253. The van der Waals surface area contributed by atoms with E-state index in [0.29, 0.717) is 24.4 Å². The molecule has 1 aromatic rings. The molecule has 148 valence electrons. The monoisotopic (exact) mass is 493 g/mol. The summed E-state index contributed by atoms with van der Waals surface area (Å²) in [7, 11) is -0.701. The van der Waals surface area contributed by atoms with Gasteiger partial charge in [-0.15, -0.1) is 24.0 Å². The van der Waals surface area contributed by atoms with Crippen LogP contribution < -0.4 is 15.4 Å².